The maximum Gasteiger partial charge on any atom is 0.308 e. The predicted octanol–water partition coefficient (Wildman–Crippen LogP) is 3.36. The maximum absolute atomic E-state index is 11.7. The van der Waals surface area contributed by atoms with Gasteiger partial charge in [-0.2, -0.15) is 0 Å². The van der Waals surface area contributed by atoms with Crippen molar-refractivity contribution < 1.29 is 14.3 Å². The Kier molecular flexibility index (Phi) is 5.91. The van der Waals surface area contributed by atoms with Gasteiger partial charge in [-0.3, -0.25) is 9.59 Å². The quantitative estimate of drug-likeness (QED) is 0.266. The average molecular weight is 299 g/mol. The molecule has 0 bridgehead atoms. The van der Waals surface area contributed by atoms with Gasteiger partial charge in [0.05, 0.1) is 0 Å². The topological polar surface area (TPSA) is 43.4 Å². The van der Waals surface area contributed by atoms with E-state index < -0.39 is 0 Å². The number of halogens is 1. The summed E-state index contributed by atoms with van der Waals surface area (Å²) >= 11 is 3.33. The van der Waals surface area contributed by atoms with Crippen LogP contribution in [0.2, 0.25) is 0 Å². The van der Waals surface area contributed by atoms with E-state index in [2.05, 4.69) is 15.9 Å². The molecule has 1 rings (SSSR count). The predicted molar refractivity (Wildman–Crippen MR) is 69.7 cm³/mol. The second-order valence-corrected chi connectivity index (χ2v) is 4.48. The van der Waals surface area contributed by atoms with E-state index in [9.17, 15) is 9.59 Å². The zero-order valence-electron chi connectivity index (χ0n) is 9.74. The molecule has 0 aliphatic carbocycles. The lowest BCUT2D eigenvalue weighted by Gasteiger charge is -2.03. The van der Waals surface area contributed by atoms with Crippen LogP contribution in [-0.2, 0) is 4.79 Å². The molecule has 0 heterocycles. The van der Waals surface area contributed by atoms with Crippen LogP contribution in [0.1, 0.15) is 36.5 Å². The average Bonchev–Trinajstić information content (AvgIpc) is 2.29. The number of esters is 1. The minimum atomic E-state index is -0.360. The van der Waals surface area contributed by atoms with Crippen LogP contribution < -0.4 is 4.74 Å². The minimum absolute atomic E-state index is 0.125. The molecule has 1 aromatic carbocycles. The van der Waals surface area contributed by atoms with Gasteiger partial charge in [-0.1, -0.05) is 15.9 Å². The second kappa shape index (κ2) is 7.22. The molecule has 0 aliphatic heterocycles. The Bertz CT molecular complexity index is 384. The highest BCUT2D eigenvalue weighted by molar-refractivity contribution is 9.09. The van der Waals surface area contributed by atoms with E-state index in [1.165, 1.54) is 6.92 Å². The highest BCUT2D eigenvalue weighted by Gasteiger charge is 2.06. The molecule has 4 heteroatoms. The van der Waals surface area contributed by atoms with Crippen LogP contribution in [-0.4, -0.2) is 17.1 Å². The smallest absolute Gasteiger partial charge is 0.308 e. The summed E-state index contributed by atoms with van der Waals surface area (Å²) < 4.78 is 4.89. The Hall–Kier alpha value is -1.16. The first-order valence-corrected chi connectivity index (χ1v) is 6.63. The number of ketones is 1. The zero-order chi connectivity index (χ0) is 12.7. The molecule has 0 saturated heterocycles. The normalized spacial score (nSPS) is 10.0. The molecule has 0 atom stereocenters. The Morgan fingerprint density at radius 1 is 1.18 bits per heavy atom. The van der Waals surface area contributed by atoms with Crippen molar-refractivity contribution >= 4 is 27.7 Å². The summed E-state index contributed by atoms with van der Waals surface area (Å²) in [7, 11) is 0. The van der Waals surface area contributed by atoms with Gasteiger partial charge in [0.2, 0.25) is 0 Å². The maximum atomic E-state index is 11.7. The van der Waals surface area contributed by atoms with Crippen molar-refractivity contribution in [2.45, 2.75) is 26.2 Å². The van der Waals surface area contributed by atoms with E-state index in [4.69, 9.17) is 4.74 Å². The number of carbonyl (C=O) groups is 2. The van der Waals surface area contributed by atoms with Gasteiger partial charge in [-0.25, -0.2) is 0 Å². The third-order valence-corrected chi connectivity index (χ3v) is 2.79. The van der Waals surface area contributed by atoms with Gasteiger partial charge < -0.3 is 4.74 Å². The molecule has 0 spiro atoms. The molecule has 0 radical (unpaired) electrons. The summed E-state index contributed by atoms with van der Waals surface area (Å²) in [5, 5.41) is 0.922. The Balaban J connectivity index is 2.54. The highest BCUT2D eigenvalue weighted by atomic mass is 79.9. The fourth-order valence-electron chi connectivity index (χ4n) is 1.40. The van der Waals surface area contributed by atoms with E-state index >= 15 is 0 Å². The van der Waals surface area contributed by atoms with Crippen molar-refractivity contribution in [1.82, 2.24) is 0 Å². The van der Waals surface area contributed by atoms with Crippen LogP contribution >= 0.6 is 15.9 Å². The molecule has 0 aromatic heterocycles. The Labute approximate surface area is 109 Å². The SMILES string of the molecule is CC(=O)Oc1ccc(C(=O)CCCCBr)cc1. The lowest BCUT2D eigenvalue weighted by atomic mass is 10.1. The number of rotatable bonds is 6. The van der Waals surface area contributed by atoms with Crippen LogP contribution in [0.15, 0.2) is 24.3 Å². The molecule has 0 unspecified atom stereocenters. The van der Waals surface area contributed by atoms with Crippen LogP contribution in [0.25, 0.3) is 0 Å². The van der Waals surface area contributed by atoms with Crippen molar-refractivity contribution in [2.24, 2.45) is 0 Å². The van der Waals surface area contributed by atoms with Crippen molar-refractivity contribution in [3.05, 3.63) is 29.8 Å². The van der Waals surface area contributed by atoms with Gasteiger partial charge in [0, 0.05) is 24.2 Å². The molecule has 0 fully saturated rings. The van der Waals surface area contributed by atoms with E-state index in [1.807, 2.05) is 0 Å². The first kappa shape index (κ1) is 13.9. The first-order chi connectivity index (χ1) is 8.13. The molecular weight excluding hydrogens is 284 g/mol. The van der Waals surface area contributed by atoms with Gasteiger partial charge in [-0.05, 0) is 37.1 Å². The van der Waals surface area contributed by atoms with Crippen LogP contribution in [0.4, 0.5) is 0 Å². The van der Waals surface area contributed by atoms with E-state index in [-0.39, 0.29) is 11.8 Å². The molecule has 17 heavy (non-hydrogen) atoms. The Morgan fingerprint density at radius 2 is 1.82 bits per heavy atom. The molecule has 0 N–H and O–H groups in total. The van der Waals surface area contributed by atoms with Gasteiger partial charge in [-0.15, -0.1) is 0 Å². The number of benzene rings is 1. The summed E-state index contributed by atoms with van der Waals surface area (Å²) in [6, 6.07) is 6.65. The van der Waals surface area contributed by atoms with Crippen molar-refractivity contribution in [1.29, 1.82) is 0 Å². The van der Waals surface area contributed by atoms with Crippen molar-refractivity contribution in [2.75, 3.05) is 5.33 Å². The van der Waals surface area contributed by atoms with Crippen molar-refractivity contribution in [3.63, 3.8) is 0 Å². The third kappa shape index (κ3) is 5.13. The zero-order valence-corrected chi connectivity index (χ0v) is 11.3. The largest absolute Gasteiger partial charge is 0.427 e. The monoisotopic (exact) mass is 298 g/mol. The fraction of sp³-hybridized carbons (Fsp3) is 0.385. The van der Waals surface area contributed by atoms with Gasteiger partial charge in [0.25, 0.3) is 0 Å². The lowest BCUT2D eigenvalue weighted by molar-refractivity contribution is -0.131. The van der Waals surface area contributed by atoms with Crippen LogP contribution in [0, 0.1) is 0 Å². The molecular formula is C13H15BrO3. The van der Waals surface area contributed by atoms with Gasteiger partial charge in [0.15, 0.2) is 5.78 Å². The van der Waals surface area contributed by atoms with Gasteiger partial charge in [0.1, 0.15) is 5.75 Å². The fourth-order valence-corrected chi connectivity index (χ4v) is 1.80. The van der Waals surface area contributed by atoms with E-state index in [0.29, 0.717) is 17.7 Å². The van der Waals surface area contributed by atoms with E-state index in [0.717, 1.165) is 18.2 Å². The Morgan fingerprint density at radius 3 is 2.35 bits per heavy atom. The van der Waals surface area contributed by atoms with Crippen LogP contribution in [0.5, 0.6) is 5.75 Å². The summed E-state index contributed by atoms with van der Waals surface area (Å²) in [5.41, 5.74) is 0.662. The number of Topliss-reactive ketones (excluding diaryl/α,β-unsaturated/α-hetero) is 1. The molecule has 3 nitrogen and oxygen atoms in total. The number of ether oxygens (including phenoxy) is 1. The summed E-state index contributed by atoms with van der Waals surface area (Å²) in [5.74, 6) is 0.233. The summed E-state index contributed by atoms with van der Waals surface area (Å²) in [6.07, 6.45) is 2.44. The summed E-state index contributed by atoms with van der Waals surface area (Å²) in [6.45, 7) is 1.35. The number of carbonyl (C=O) groups excluding carboxylic acids is 2. The van der Waals surface area contributed by atoms with Crippen molar-refractivity contribution in [3.8, 4) is 5.75 Å². The summed E-state index contributed by atoms with van der Waals surface area (Å²) in [4.78, 5) is 22.4. The number of hydrogen-bond donors (Lipinski definition) is 0. The lowest BCUT2D eigenvalue weighted by Crippen LogP contribution is -2.02. The van der Waals surface area contributed by atoms with Gasteiger partial charge >= 0.3 is 5.97 Å². The second-order valence-electron chi connectivity index (χ2n) is 3.69. The molecule has 0 amide bonds. The third-order valence-electron chi connectivity index (χ3n) is 2.23. The molecule has 0 saturated carbocycles. The number of unbranched alkanes of at least 4 members (excludes halogenated alkanes) is 1. The highest BCUT2D eigenvalue weighted by Crippen LogP contribution is 2.14. The molecule has 92 valence electrons. The number of hydrogen-bond acceptors (Lipinski definition) is 3. The number of alkyl halides is 1. The molecule has 1 aromatic rings. The first-order valence-electron chi connectivity index (χ1n) is 5.51. The molecule has 0 aliphatic rings. The standard InChI is InChI=1S/C13H15BrO3/c1-10(15)17-12-7-5-11(6-8-12)13(16)4-2-3-9-14/h5-8H,2-4,9H2,1H3. The van der Waals surface area contributed by atoms with E-state index in [1.54, 1.807) is 24.3 Å². The minimum Gasteiger partial charge on any atom is -0.427 e. The van der Waals surface area contributed by atoms with Crippen LogP contribution in [0.3, 0.4) is 0 Å².